The Morgan fingerprint density at radius 1 is 0.829 bits per heavy atom. The van der Waals surface area contributed by atoms with Crippen LogP contribution in [0.3, 0.4) is 0 Å². The maximum absolute atomic E-state index is 12.6. The Kier molecular flexibility index (Phi) is 9.83. The van der Waals surface area contributed by atoms with E-state index in [9.17, 15) is 19.2 Å². The van der Waals surface area contributed by atoms with Crippen molar-refractivity contribution in [3.63, 3.8) is 0 Å². The van der Waals surface area contributed by atoms with Crippen LogP contribution in [0.4, 0.5) is 5.69 Å². The van der Waals surface area contributed by atoms with Gasteiger partial charge in [-0.05, 0) is 32.1 Å². The lowest BCUT2D eigenvalue weighted by Gasteiger charge is -2.11. The zero-order valence-corrected chi connectivity index (χ0v) is 19.8. The van der Waals surface area contributed by atoms with Gasteiger partial charge in [-0.15, -0.1) is 0 Å². The van der Waals surface area contributed by atoms with Gasteiger partial charge in [0.25, 0.3) is 0 Å². The molecule has 0 radical (unpaired) electrons. The molecule has 10 heteroatoms. The van der Waals surface area contributed by atoms with E-state index in [1.807, 2.05) is 18.2 Å². The molecule has 186 valence electrons. The van der Waals surface area contributed by atoms with Gasteiger partial charge < -0.3 is 28.6 Å². The first kappa shape index (κ1) is 26.9. The predicted octanol–water partition coefficient (Wildman–Crippen LogP) is 2.61. The molecular weight excluding hydrogens is 458 g/mol. The lowest BCUT2D eigenvalue weighted by Crippen LogP contribution is -2.22. The molecule has 0 fully saturated rings. The molecule has 0 saturated carbocycles. The van der Waals surface area contributed by atoms with Crippen molar-refractivity contribution in [3.8, 4) is 5.75 Å². The van der Waals surface area contributed by atoms with Crippen LogP contribution in [0.25, 0.3) is 0 Å². The Bertz CT molecular complexity index is 1040. The van der Waals surface area contributed by atoms with Crippen LogP contribution in [0.1, 0.15) is 13.8 Å². The summed E-state index contributed by atoms with van der Waals surface area (Å²) in [5.41, 5.74) is 0.753. The first-order valence-electron chi connectivity index (χ1n) is 10.5. The zero-order valence-electron chi connectivity index (χ0n) is 19.8. The average Bonchev–Trinajstić information content (AvgIpc) is 3.14. The average molecular weight is 485 g/mol. The molecule has 0 bridgehead atoms. The number of hydrogen-bond donors (Lipinski definition) is 0. The molecule has 1 aliphatic rings. The second-order valence-electron chi connectivity index (χ2n) is 7.32. The van der Waals surface area contributed by atoms with Crippen LogP contribution in [0.2, 0.25) is 0 Å². The number of fused-ring (bicyclic) bond motifs is 1. The number of carbonyl (C=O) groups is 4. The van der Waals surface area contributed by atoms with Gasteiger partial charge in [-0.1, -0.05) is 25.3 Å². The lowest BCUT2D eigenvalue weighted by molar-refractivity contribution is -0.153. The van der Waals surface area contributed by atoms with E-state index in [-0.39, 0.29) is 37.6 Å². The number of allylic oxidation sites excluding steroid dienone is 2. The third-order valence-electron chi connectivity index (χ3n) is 4.40. The van der Waals surface area contributed by atoms with E-state index in [0.29, 0.717) is 11.6 Å². The summed E-state index contributed by atoms with van der Waals surface area (Å²) in [6, 6.07) is 7.28. The Morgan fingerprint density at radius 3 is 1.74 bits per heavy atom. The Labute approximate surface area is 203 Å². The molecule has 0 N–H and O–H groups in total. The molecule has 0 amide bonds. The molecule has 0 spiro atoms. The highest BCUT2D eigenvalue weighted by Crippen LogP contribution is 2.37. The zero-order chi connectivity index (χ0) is 26.0. The van der Waals surface area contributed by atoms with Crippen molar-refractivity contribution in [2.45, 2.75) is 13.8 Å². The summed E-state index contributed by atoms with van der Waals surface area (Å²) in [4.78, 5) is 49.7. The first-order chi connectivity index (χ1) is 16.6. The lowest BCUT2D eigenvalue weighted by atomic mass is 10.2. The van der Waals surface area contributed by atoms with Crippen molar-refractivity contribution in [1.29, 1.82) is 0 Å². The van der Waals surface area contributed by atoms with E-state index in [2.05, 4.69) is 13.2 Å². The van der Waals surface area contributed by atoms with Gasteiger partial charge in [0.1, 0.15) is 32.0 Å². The Morgan fingerprint density at radius 2 is 1.29 bits per heavy atom. The van der Waals surface area contributed by atoms with Gasteiger partial charge in [-0.3, -0.25) is 0 Å². The summed E-state index contributed by atoms with van der Waals surface area (Å²) in [6.45, 7) is 8.82. The maximum Gasteiger partial charge on any atom is 0.345 e. The molecule has 0 aromatic heterocycles. The van der Waals surface area contributed by atoms with E-state index in [4.69, 9.17) is 23.7 Å². The summed E-state index contributed by atoms with van der Waals surface area (Å²) in [6.07, 6.45) is 2.61. The molecule has 0 atom stereocenters. The first-order valence-corrected chi connectivity index (χ1v) is 10.5. The standard InChI is InChI=1S/C25H27NO9/c1-16(2)22(27)31-12-14-33-24(29)18(25(30)34-15-13-32-23(28)17(3)4)10-11-21-26(5)19-8-6-7-9-20(19)35-21/h6-11H,1,3,12-15H2,2,4-5H3/b21-11-. The summed E-state index contributed by atoms with van der Waals surface area (Å²) in [5.74, 6) is -2.31. The molecule has 0 aliphatic carbocycles. The molecule has 1 aromatic carbocycles. The Balaban J connectivity index is 2.08. The van der Waals surface area contributed by atoms with Crippen LogP contribution in [0.15, 0.2) is 72.2 Å². The number of nitrogens with zero attached hydrogens (tertiary/aromatic N) is 1. The van der Waals surface area contributed by atoms with Gasteiger partial charge in [0.2, 0.25) is 0 Å². The maximum atomic E-state index is 12.6. The van der Waals surface area contributed by atoms with Gasteiger partial charge in [-0.2, -0.15) is 0 Å². The van der Waals surface area contributed by atoms with Gasteiger partial charge in [0, 0.05) is 24.3 Å². The molecule has 1 aromatic rings. The van der Waals surface area contributed by atoms with Crippen molar-refractivity contribution in [2.75, 3.05) is 38.4 Å². The monoisotopic (exact) mass is 485 g/mol. The molecule has 0 saturated heterocycles. The largest absolute Gasteiger partial charge is 0.459 e. The molecule has 10 nitrogen and oxygen atoms in total. The number of ether oxygens (including phenoxy) is 5. The normalized spacial score (nSPS) is 12.7. The van der Waals surface area contributed by atoms with Crippen LogP contribution in [0.5, 0.6) is 5.75 Å². The third kappa shape index (κ3) is 7.88. The highest BCUT2D eigenvalue weighted by atomic mass is 16.6. The van der Waals surface area contributed by atoms with Crippen LogP contribution in [-0.4, -0.2) is 57.4 Å². The molecule has 2 rings (SSSR count). The molecule has 0 unspecified atom stereocenters. The number of rotatable bonds is 11. The van der Waals surface area contributed by atoms with Gasteiger partial charge in [0.05, 0.1) is 5.69 Å². The highest BCUT2D eigenvalue weighted by Gasteiger charge is 2.24. The Hall–Kier alpha value is -4.34. The number of benzene rings is 1. The van der Waals surface area contributed by atoms with Crippen LogP contribution in [0, 0.1) is 0 Å². The molecular formula is C25H27NO9. The number of para-hydroxylation sites is 2. The highest BCUT2D eigenvalue weighted by molar-refractivity contribution is 6.14. The number of carbonyl (C=O) groups excluding carboxylic acids is 4. The third-order valence-corrected chi connectivity index (χ3v) is 4.40. The summed E-state index contributed by atoms with van der Waals surface area (Å²) in [7, 11) is 1.76. The second-order valence-corrected chi connectivity index (χ2v) is 7.32. The minimum absolute atomic E-state index is 0.196. The number of hydrogen-bond acceptors (Lipinski definition) is 10. The van der Waals surface area contributed by atoms with E-state index in [0.717, 1.165) is 5.69 Å². The second kappa shape index (κ2) is 12.8. The minimum atomic E-state index is -1.00. The van der Waals surface area contributed by atoms with Crippen LogP contribution in [-0.2, 0) is 38.1 Å². The van der Waals surface area contributed by atoms with Crippen LogP contribution >= 0.6 is 0 Å². The molecule has 1 aliphatic heterocycles. The fourth-order valence-electron chi connectivity index (χ4n) is 2.58. The molecule has 1 heterocycles. The van der Waals surface area contributed by atoms with Gasteiger partial charge >= 0.3 is 23.9 Å². The molecule has 35 heavy (non-hydrogen) atoms. The van der Waals surface area contributed by atoms with Crippen molar-refractivity contribution < 1.29 is 42.9 Å². The fraction of sp³-hybridized carbons (Fsp3) is 0.280. The SMILES string of the molecule is C=C(C)C(=O)OCCOC(=O)C(=C/C=C1\Oc2ccccc2N1C)C(=O)OCCOC(=O)C(=C)C. The number of esters is 4. The van der Waals surface area contributed by atoms with Crippen molar-refractivity contribution >= 4 is 29.6 Å². The summed E-state index contributed by atoms with van der Waals surface area (Å²) >= 11 is 0. The van der Waals surface area contributed by atoms with Crippen molar-refractivity contribution in [1.82, 2.24) is 0 Å². The summed E-state index contributed by atoms with van der Waals surface area (Å²) < 4.78 is 25.5. The topological polar surface area (TPSA) is 118 Å². The van der Waals surface area contributed by atoms with Gasteiger partial charge in [-0.25, -0.2) is 19.2 Å². The predicted molar refractivity (Wildman–Crippen MR) is 125 cm³/mol. The fourth-order valence-corrected chi connectivity index (χ4v) is 2.58. The smallest absolute Gasteiger partial charge is 0.345 e. The van der Waals surface area contributed by atoms with Crippen molar-refractivity contribution in [2.24, 2.45) is 0 Å². The summed E-state index contributed by atoms with van der Waals surface area (Å²) in [5, 5.41) is 0. The van der Waals surface area contributed by atoms with E-state index >= 15 is 0 Å². The minimum Gasteiger partial charge on any atom is -0.459 e. The number of anilines is 1. The quantitative estimate of drug-likeness (QED) is 0.116. The van der Waals surface area contributed by atoms with E-state index in [1.165, 1.54) is 26.0 Å². The van der Waals surface area contributed by atoms with Gasteiger partial charge in [0.15, 0.2) is 11.6 Å². The van der Waals surface area contributed by atoms with Crippen LogP contribution < -0.4 is 9.64 Å². The van der Waals surface area contributed by atoms with E-state index in [1.54, 1.807) is 18.0 Å². The van der Waals surface area contributed by atoms with E-state index < -0.39 is 29.5 Å². The van der Waals surface area contributed by atoms with Crippen molar-refractivity contribution in [3.05, 3.63) is 72.2 Å².